The average Bonchev–Trinajstić information content (AvgIpc) is 2.65. The first kappa shape index (κ1) is 11.3. The van der Waals surface area contributed by atoms with E-state index in [1.807, 2.05) is 0 Å². The summed E-state index contributed by atoms with van der Waals surface area (Å²) < 4.78 is 4.97. The van der Waals surface area contributed by atoms with Gasteiger partial charge >= 0.3 is 5.97 Å². The Morgan fingerprint density at radius 3 is 2.87 bits per heavy atom. The van der Waals surface area contributed by atoms with Crippen LogP contribution < -0.4 is 11.1 Å². The minimum atomic E-state index is -1.10. The molecule has 0 fully saturated rings. The van der Waals surface area contributed by atoms with Crippen LogP contribution in [0.4, 0.5) is 0 Å². The van der Waals surface area contributed by atoms with E-state index in [0.717, 1.165) is 0 Å². The predicted molar refractivity (Wildman–Crippen MR) is 50.8 cm³/mol. The lowest BCUT2D eigenvalue weighted by atomic mass is 10.2. The molecule has 1 amide bonds. The predicted octanol–water partition coefficient (Wildman–Crippen LogP) is -0.302. The first-order valence-electron chi connectivity index (χ1n) is 4.37. The van der Waals surface area contributed by atoms with E-state index in [-0.39, 0.29) is 13.0 Å². The van der Waals surface area contributed by atoms with Gasteiger partial charge in [0.1, 0.15) is 5.76 Å². The van der Waals surface area contributed by atoms with E-state index >= 15 is 0 Å². The molecule has 0 radical (unpaired) electrons. The van der Waals surface area contributed by atoms with Crippen molar-refractivity contribution >= 4 is 11.9 Å². The van der Waals surface area contributed by atoms with Gasteiger partial charge in [0.05, 0.1) is 25.3 Å². The van der Waals surface area contributed by atoms with E-state index < -0.39 is 17.9 Å². The summed E-state index contributed by atoms with van der Waals surface area (Å²) in [5, 5.41) is 10.9. The molecule has 1 unspecified atom stereocenters. The lowest BCUT2D eigenvalue weighted by Crippen LogP contribution is -2.41. The lowest BCUT2D eigenvalue weighted by molar-refractivity contribution is -0.139. The maximum Gasteiger partial charge on any atom is 0.305 e. The smallest absolute Gasteiger partial charge is 0.305 e. The van der Waals surface area contributed by atoms with Crippen molar-refractivity contribution in [3.05, 3.63) is 24.2 Å². The Labute approximate surface area is 86.1 Å². The van der Waals surface area contributed by atoms with Crippen molar-refractivity contribution in [3.63, 3.8) is 0 Å². The number of hydrogen-bond acceptors (Lipinski definition) is 4. The van der Waals surface area contributed by atoms with Crippen LogP contribution in [-0.4, -0.2) is 23.0 Å². The van der Waals surface area contributed by atoms with Crippen molar-refractivity contribution < 1.29 is 19.1 Å². The Kier molecular flexibility index (Phi) is 3.87. The van der Waals surface area contributed by atoms with E-state index in [0.29, 0.717) is 5.76 Å². The number of aliphatic carboxylic acids is 1. The van der Waals surface area contributed by atoms with Crippen LogP contribution >= 0.6 is 0 Å². The highest BCUT2D eigenvalue weighted by Crippen LogP contribution is 1.99. The third kappa shape index (κ3) is 3.82. The Hall–Kier alpha value is -1.82. The molecule has 1 aromatic rings. The number of amides is 1. The highest BCUT2D eigenvalue weighted by atomic mass is 16.4. The van der Waals surface area contributed by atoms with Gasteiger partial charge in [-0.1, -0.05) is 0 Å². The molecule has 0 aromatic carbocycles. The van der Waals surface area contributed by atoms with E-state index in [2.05, 4.69) is 5.32 Å². The normalized spacial score (nSPS) is 12.1. The molecule has 0 aliphatic rings. The number of nitrogens with one attached hydrogen (secondary N) is 1. The summed E-state index contributed by atoms with van der Waals surface area (Å²) in [4.78, 5) is 21.5. The van der Waals surface area contributed by atoms with Crippen molar-refractivity contribution in [2.24, 2.45) is 5.73 Å². The largest absolute Gasteiger partial charge is 0.481 e. The topological polar surface area (TPSA) is 106 Å². The Morgan fingerprint density at radius 1 is 1.60 bits per heavy atom. The van der Waals surface area contributed by atoms with Crippen LogP contribution in [0.5, 0.6) is 0 Å². The van der Waals surface area contributed by atoms with Crippen molar-refractivity contribution in [1.82, 2.24) is 5.32 Å². The van der Waals surface area contributed by atoms with Crippen molar-refractivity contribution in [2.45, 2.75) is 19.0 Å². The van der Waals surface area contributed by atoms with Crippen LogP contribution in [0, 0.1) is 0 Å². The molecular weight excluding hydrogens is 200 g/mol. The monoisotopic (exact) mass is 212 g/mol. The molecule has 82 valence electrons. The van der Waals surface area contributed by atoms with E-state index in [1.54, 1.807) is 12.1 Å². The SMILES string of the molecule is NC(CC(=O)O)C(=O)NCc1ccco1. The highest BCUT2D eigenvalue weighted by molar-refractivity contribution is 5.85. The lowest BCUT2D eigenvalue weighted by Gasteiger charge is -2.08. The van der Waals surface area contributed by atoms with Crippen LogP contribution in [0.1, 0.15) is 12.2 Å². The van der Waals surface area contributed by atoms with E-state index in [1.165, 1.54) is 6.26 Å². The minimum absolute atomic E-state index is 0.207. The molecule has 1 atom stereocenters. The quantitative estimate of drug-likeness (QED) is 0.621. The zero-order chi connectivity index (χ0) is 11.3. The zero-order valence-electron chi connectivity index (χ0n) is 7.97. The van der Waals surface area contributed by atoms with Crippen LogP contribution in [-0.2, 0) is 16.1 Å². The van der Waals surface area contributed by atoms with Gasteiger partial charge in [-0.2, -0.15) is 0 Å². The number of carbonyl (C=O) groups excluding carboxylic acids is 1. The fourth-order valence-corrected chi connectivity index (χ4v) is 0.999. The summed E-state index contributed by atoms with van der Waals surface area (Å²) in [6.07, 6.45) is 1.10. The van der Waals surface area contributed by atoms with Crippen LogP contribution in [0.2, 0.25) is 0 Å². The van der Waals surface area contributed by atoms with Gasteiger partial charge in [-0.15, -0.1) is 0 Å². The standard InChI is InChI=1S/C9H12N2O4/c10-7(4-8(12)13)9(14)11-5-6-2-1-3-15-6/h1-3,7H,4-5,10H2,(H,11,14)(H,12,13). The second kappa shape index (κ2) is 5.16. The maximum absolute atomic E-state index is 11.2. The summed E-state index contributed by atoms with van der Waals surface area (Å²) in [6, 6.07) is 2.36. The fourth-order valence-electron chi connectivity index (χ4n) is 0.999. The summed E-state index contributed by atoms with van der Waals surface area (Å²) in [5.74, 6) is -1.02. The number of hydrogen-bond donors (Lipinski definition) is 3. The van der Waals surface area contributed by atoms with Gasteiger partial charge in [0, 0.05) is 0 Å². The van der Waals surface area contributed by atoms with Crippen molar-refractivity contribution in [3.8, 4) is 0 Å². The molecule has 6 nitrogen and oxygen atoms in total. The average molecular weight is 212 g/mol. The molecule has 0 aliphatic carbocycles. The van der Waals surface area contributed by atoms with Crippen LogP contribution in [0.25, 0.3) is 0 Å². The molecule has 0 spiro atoms. The van der Waals surface area contributed by atoms with Gasteiger partial charge in [-0.05, 0) is 12.1 Å². The van der Waals surface area contributed by atoms with Gasteiger partial charge in [-0.3, -0.25) is 9.59 Å². The summed E-state index contributed by atoms with van der Waals surface area (Å²) in [6.45, 7) is 0.207. The van der Waals surface area contributed by atoms with Crippen LogP contribution in [0.3, 0.4) is 0 Å². The van der Waals surface area contributed by atoms with E-state index in [9.17, 15) is 9.59 Å². The van der Waals surface area contributed by atoms with Gasteiger partial charge in [0.25, 0.3) is 0 Å². The van der Waals surface area contributed by atoms with Gasteiger partial charge in [0.2, 0.25) is 5.91 Å². The first-order valence-corrected chi connectivity index (χ1v) is 4.37. The second-order valence-electron chi connectivity index (χ2n) is 3.00. The molecule has 0 saturated carbocycles. The number of carboxylic acids is 1. The molecule has 0 bridgehead atoms. The number of furan rings is 1. The van der Waals surface area contributed by atoms with Gasteiger partial charge in [0.15, 0.2) is 0 Å². The van der Waals surface area contributed by atoms with Gasteiger partial charge < -0.3 is 20.6 Å². The molecule has 15 heavy (non-hydrogen) atoms. The van der Waals surface area contributed by atoms with Crippen LogP contribution in [0.15, 0.2) is 22.8 Å². The van der Waals surface area contributed by atoms with Crippen molar-refractivity contribution in [2.75, 3.05) is 0 Å². The Morgan fingerprint density at radius 2 is 2.33 bits per heavy atom. The van der Waals surface area contributed by atoms with Crippen molar-refractivity contribution in [1.29, 1.82) is 0 Å². The number of nitrogens with two attached hydrogens (primary N) is 1. The third-order valence-electron chi connectivity index (χ3n) is 1.75. The molecule has 4 N–H and O–H groups in total. The first-order chi connectivity index (χ1) is 7.09. The second-order valence-corrected chi connectivity index (χ2v) is 3.00. The molecule has 1 aromatic heterocycles. The summed E-state index contributed by atoms with van der Waals surface area (Å²) in [7, 11) is 0. The number of carboxylic acid groups (broad SMARTS) is 1. The zero-order valence-corrected chi connectivity index (χ0v) is 7.97. The summed E-state index contributed by atoms with van der Waals surface area (Å²) >= 11 is 0. The third-order valence-corrected chi connectivity index (χ3v) is 1.75. The molecule has 1 rings (SSSR count). The number of carbonyl (C=O) groups is 2. The molecule has 1 heterocycles. The molecular formula is C9H12N2O4. The highest BCUT2D eigenvalue weighted by Gasteiger charge is 2.16. The van der Waals surface area contributed by atoms with Gasteiger partial charge in [-0.25, -0.2) is 0 Å². The molecule has 6 heteroatoms. The summed E-state index contributed by atoms with van der Waals surface area (Å²) in [5.41, 5.74) is 5.33. The molecule has 0 saturated heterocycles. The maximum atomic E-state index is 11.2. The molecule has 0 aliphatic heterocycles. The fraction of sp³-hybridized carbons (Fsp3) is 0.333. The minimum Gasteiger partial charge on any atom is -0.481 e. The number of rotatable bonds is 5. The Balaban J connectivity index is 2.32. The Bertz CT molecular complexity index is 334. The van der Waals surface area contributed by atoms with E-state index in [4.69, 9.17) is 15.3 Å².